The summed E-state index contributed by atoms with van der Waals surface area (Å²) in [4.78, 5) is 1.39. The molecule has 0 radical (unpaired) electrons. The Morgan fingerprint density at radius 1 is 0.837 bits per heavy atom. The van der Waals surface area contributed by atoms with Crippen LogP contribution in [0.15, 0.2) is 71.6 Å². The first kappa shape index (κ1) is 31.5. The number of ether oxygens (including phenoxy) is 1. The summed E-state index contributed by atoms with van der Waals surface area (Å²) < 4.78 is 116. The van der Waals surface area contributed by atoms with Gasteiger partial charge < -0.3 is 4.74 Å². The van der Waals surface area contributed by atoms with Crippen LogP contribution in [0.2, 0.25) is 0 Å². The number of fused-ring (bicyclic) bond motifs is 1. The summed E-state index contributed by atoms with van der Waals surface area (Å²) in [5, 5.41) is 0. The van der Waals surface area contributed by atoms with Crippen molar-refractivity contribution >= 4 is 10.0 Å². The normalized spacial score (nSPS) is 22.4. The van der Waals surface area contributed by atoms with Crippen LogP contribution < -0.4 is 0 Å². The number of nitrogens with zero attached hydrogens (tertiary/aromatic N) is 2. The fourth-order valence-corrected chi connectivity index (χ4v) is 8.19. The van der Waals surface area contributed by atoms with Gasteiger partial charge >= 0.3 is 12.4 Å². The number of hydrogen-bond acceptors (Lipinski definition) is 4. The predicted molar refractivity (Wildman–Crippen MR) is 150 cm³/mol. The fourth-order valence-electron chi connectivity index (χ4n) is 6.48. The van der Waals surface area contributed by atoms with Crippen molar-refractivity contribution in [3.05, 3.63) is 89.0 Å². The molecule has 12 heteroatoms. The molecule has 232 valence electrons. The van der Waals surface area contributed by atoms with E-state index in [0.29, 0.717) is 37.1 Å². The van der Waals surface area contributed by atoms with Gasteiger partial charge in [-0.3, -0.25) is 4.90 Å². The number of methoxy groups -OCH3 is 1. The molecule has 0 amide bonds. The molecule has 2 aliphatic rings. The molecule has 0 N–H and O–H groups in total. The van der Waals surface area contributed by atoms with Crippen molar-refractivity contribution in [2.24, 2.45) is 0 Å². The third kappa shape index (κ3) is 6.07. The molecule has 2 aliphatic heterocycles. The lowest BCUT2D eigenvalue weighted by molar-refractivity contribution is -0.140. The van der Waals surface area contributed by atoms with Crippen molar-refractivity contribution in [3.63, 3.8) is 0 Å². The number of benzene rings is 3. The molecule has 3 aromatic rings. The third-order valence-electron chi connectivity index (χ3n) is 8.54. The molecule has 3 atom stereocenters. The summed E-state index contributed by atoms with van der Waals surface area (Å²) in [6.07, 6.45) is -8.16. The molecular formula is C31H32F6N2O3S. The van der Waals surface area contributed by atoms with Crippen LogP contribution in [0.1, 0.15) is 41.0 Å². The van der Waals surface area contributed by atoms with Crippen LogP contribution >= 0.6 is 0 Å². The van der Waals surface area contributed by atoms with Gasteiger partial charge in [0.1, 0.15) is 0 Å². The molecule has 0 aromatic heterocycles. The van der Waals surface area contributed by atoms with E-state index in [0.717, 1.165) is 28.1 Å². The molecule has 43 heavy (non-hydrogen) atoms. The van der Waals surface area contributed by atoms with Crippen LogP contribution in [0, 0.1) is 6.92 Å². The Balaban J connectivity index is 1.47. The lowest BCUT2D eigenvalue weighted by atomic mass is 9.74. The van der Waals surface area contributed by atoms with E-state index in [1.54, 1.807) is 25.3 Å². The molecule has 2 unspecified atom stereocenters. The molecule has 2 fully saturated rings. The molecule has 5 rings (SSSR count). The monoisotopic (exact) mass is 626 g/mol. The molecule has 2 saturated heterocycles. The summed E-state index contributed by atoms with van der Waals surface area (Å²) in [7, 11) is -2.91. The minimum atomic E-state index is -4.83. The highest BCUT2D eigenvalue weighted by molar-refractivity contribution is 7.89. The van der Waals surface area contributed by atoms with Gasteiger partial charge in [-0.25, -0.2) is 8.42 Å². The van der Waals surface area contributed by atoms with Crippen molar-refractivity contribution in [3.8, 4) is 11.1 Å². The third-order valence-corrected chi connectivity index (χ3v) is 10.5. The zero-order valence-electron chi connectivity index (χ0n) is 23.6. The number of alkyl halides is 6. The van der Waals surface area contributed by atoms with Crippen molar-refractivity contribution in [2.45, 2.75) is 55.0 Å². The highest BCUT2D eigenvalue weighted by Crippen LogP contribution is 2.44. The van der Waals surface area contributed by atoms with E-state index in [9.17, 15) is 34.8 Å². The second-order valence-corrected chi connectivity index (χ2v) is 12.9. The SMILES string of the molecule is COCC1[C@@H](c2ccc(-c3cccc(C(F)(F)F)c3C)cc2)C2CN(S(=O)(=O)c3ccccc3C(F)(F)F)CCCCN12. The minimum absolute atomic E-state index is 0.00606. The van der Waals surface area contributed by atoms with Gasteiger partial charge in [0.05, 0.1) is 22.6 Å². The van der Waals surface area contributed by atoms with Gasteiger partial charge in [0, 0.05) is 38.2 Å². The van der Waals surface area contributed by atoms with Gasteiger partial charge in [0.2, 0.25) is 10.0 Å². The molecular weight excluding hydrogens is 594 g/mol. The summed E-state index contributed by atoms with van der Waals surface area (Å²) in [6, 6.07) is 15.0. The lowest BCUT2D eigenvalue weighted by Gasteiger charge is -2.57. The quantitative estimate of drug-likeness (QED) is 0.278. The Hall–Kier alpha value is -2.93. The first-order valence-electron chi connectivity index (χ1n) is 13.9. The summed E-state index contributed by atoms with van der Waals surface area (Å²) in [6.45, 7) is 2.57. The van der Waals surface area contributed by atoms with Crippen LogP contribution in [-0.4, -0.2) is 63.1 Å². The van der Waals surface area contributed by atoms with Crippen molar-refractivity contribution in [2.75, 3.05) is 33.4 Å². The molecule has 0 spiro atoms. The lowest BCUT2D eigenvalue weighted by Crippen LogP contribution is -2.68. The number of rotatable bonds is 6. The summed E-state index contributed by atoms with van der Waals surface area (Å²) in [5.74, 6) is -0.203. The van der Waals surface area contributed by atoms with E-state index < -0.39 is 38.4 Å². The zero-order chi connectivity index (χ0) is 31.2. The second-order valence-electron chi connectivity index (χ2n) is 11.0. The molecule has 2 heterocycles. The maximum atomic E-state index is 13.8. The largest absolute Gasteiger partial charge is 0.417 e. The molecule has 0 saturated carbocycles. The van der Waals surface area contributed by atoms with Crippen molar-refractivity contribution in [1.82, 2.24) is 9.21 Å². The average Bonchev–Trinajstić information content (AvgIpc) is 2.93. The summed E-state index contributed by atoms with van der Waals surface area (Å²) >= 11 is 0. The van der Waals surface area contributed by atoms with Crippen LogP contribution in [0.3, 0.4) is 0 Å². The van der Waals surface area contributed by atoms with Gasteiger partial charge in [-0.1, -0.05) is 48.5 Å². The molecule has 5 nitrogen and oxygen atoms in total. The average molecular weight is 627 g/mol. The second kappa shape index (κ2) is 11.9. The van der Waals surface area contributed by atoms with E-state index in [-0.39, 0.29) is 36.7 Å². The Morgan fingerprint density at radius 3 is 2.12 bits per heavy atom. The van der Waals surface area contributed by atoms with Gasteiger partial charge in [-0.2, -0.15) is 30.6 Å². The number of halogens is 6. The van der Waals surface area contributed by atoms with Crippen LogP contribution in [0.5, 0.6) is 0 Å². The first-order valence-corrected chi connectivity index (χ1v) is 15.4. The highest BCUT2D eigenvalue weighted by atomic mass is 32.2. The van der Waals surface area contributed by atoms with Gasteiger partial charge in [0.25, 0.3) is 0 Å². The van der Waals surface area contributed by atoms with E-state index in [2.05, 4.69) is 4.90 Å². The summed E-state index contributed by atoms with van der Waals surface area (Å²) in [5.41, 5.74) is 0.137. The molecule has 3 aromatic carbocycles. The maximum Gasteiger partial charge on any atom is 0.417 e. The van der Waals surface area contributed by atoms with Gasteiger partial charge in [-0.15, -0.1) is 0 Å². The minimum Gasteiger partial charge on any atom is -0.383 e. The van der Waals surface area contributed by atoms with Gasteiger partial charge in [0.15, 0.2) is 0 Å². The van der Waals surface area contributed by atoms with Crippen LogP contribution in [0.25, 0.3) is 11.1 Å². The Kier molecular flexibility index (Phi) is 8.69. The maximum absolute atomic E-state index is 13.8. The van der Waals surface area contributed by atoms with E-state index in [1.165, 1.54) is 25.1 Å². The van der Waals surface area contributed by atoms with Gasteiger partial charge in [-0.05, 0) is 66.8 Å². The Labute approximate surface area is 247 Å². The van der Waals surface area contributed by atoms with E-state index >= 15 is 0 Å². The highest BCUT2D eigenvalue weighted by Gasteiger charge is 2.51. The number of sulfonamides is 1. The van der Waals surface area contributed by atoms with Crippen LogP contribution in [-0.2, 0) is 27.1 Å². The zero-order valence-corrected chi connectivity index (χ0v) is 24.4. The number of hydrogen-bond donors (Lipinski definition) is 0. The fraction of sp³-hybridized carbons (Fsp3) is 0.419. The topological polar surface area (TPSA) is 49.9 Å². The smallest absolute Gasteiger partial charge is 0.383 e. The Bertz CT molecular complexity index is 1560. The van der Waals surface area contributed by atoms with Crippen molar-refractivity contribution < 1.29 is 39.5 Å². The first-order chi connectivity index (χ1) is 20.2. The molecule has 0 aliphatic carbocycles. The van der Waals surface area contributed by atoms with Crippen molar-refractivity contribution in [1.29, 1.82) is 0 Å². The Morgan fingerprint density at radius 2 is 1.47 bits per heavy atom. The molecule has 0 bridgehead atoms. The van der Waals surface area contributed by atoms with E-state index in [4.69, 9.17) is 4.74 Å². The predicted octanol–water partition coefficient (Wildman–Crippen LogP) is 6.97. The standard InChI is InChI=1S/C31H32F6N2O3S/c1-20-23(8-7-10-24(20)30(32,33)34)21-12-14-22(15-13-21)29-26-18-38(16-5-6-17-39(26)27(29)19-42-2)43(40,41)28-11-4-3-9-25(28)31(35,36)37/h3-4,7-15,26-27,29H,5-6,16-19H2,1-2H3/t26?,27?,29-/m0/s1. The van der Waals surface area contributed by atoms with E-state index in [1.807, 2.05) is 12.1 Å². The van der Waals surface area contributed by atoms with Crippen LogP contribution in [0.4, 0.5) is 26.3 Å².